The van der Waals surface area contributed by atoms with Gasteiger partial charge in [-0.1, -0.05) is 115 Å². The molecule has 0 N–H and O–H groups in total. The maximum absolute atomic E-state index is 4.73. The first-order chi connectivity index (χ1) is 10.8. The third-order valence-electron chi connectivity index (χ3n) is 4.83. The second kappa shape index (κ2) is 14.4. The van der Waals surface area contributed by atoms with Gasteiger partial charge in [0.05, 0.1) is 0 Å². The molecular weight excluding hydrogens is 284 g/mol. The minimum Gasteiger partial charge on any atom is -0.175 e. The van der Waals surface area contributed by atoms with Crippen molar-refractivity contribution in [2.24, 2.45) is 5.92 Å². The van der Waals surface area contributed by atoms with Gasteiger partial charge < -0.3 is 0 Å². The van der Waals surface area contributed by atoms with Gasteiger partial charge in [0.2, 0.25) is 0 Å². The quantitative estimate of drug-likeness (QED) is 0.234. The topological polar surface area (TPSA) is 0 Å². The third-order valence-corrected chi connectivity index (χ3v) is 5.43. The van der Waals surface area contributed by atoms with Crippen molar-refractivity contribution in [3.8, 4) is 0 Å². The minimum atomic E-state index is 0.530. The van der Waals surface area contributed by atoms with E-state index >= 15 is 0 Å². The molecule has 0 saturated carbocycles. The number of hydrogen-bond acceptors (Lipinski definition) is 1. The molecular formula is C21H38S. The average Bonchev–Trinajstić information content (AvgIpc) is 3.06. The molecule has 0 spiro atoms. The Bertz CT molecular complexity index is 280. The molecule has 128 valence electrons. The van der Waals surface area contributed by atoms with Gasteiger partial charge in [-0.2, -0.15) is 12.6 Å². The minimum absolute atomic E-state index is 0.530. The van der Waals surface area contributed by atoms with Crippen LogP contribution >= 0.6 is 12.6 Å². The van der Waals surface area contributed by atoms with Crippen LogP contribution in [0.25, 0.3) is 0 Å². The van der Waals surface area contributed by atoms with Crippen molar-refractivity contribution < 1.29 is 0 Å². The summed E-state index contributed by atoms with van der Waals surface area (Å²) in [7, 11) is 0. The van der Waals surface area contributed by atoms with Gasteiger partial charge >= 0.3 is 0 Å². The Morgan fingerprint density at radius 1 is 0.682 bits per heavy atom. The normalized spacial score (nSPS) is 15.7. The molecule has 1 heteroatoms. The number of rotatable bonds is 15. The molecule has 0 bridgehead atoms. The summed E-state index contributed by atoms with van der Waals surface area (Å²) < 4.78 is 0. The van der Waals surface area contributed by atoms with E-state index in [1.54, 1.807) is 0 Å². The maximum Gasteiger partial charge on any atom is 0.0114 e. The molecule has 0 radical (unpaired) electrons. The first-order valence-electron chi connectivity index (χ1n) is 9.87. The van der Waals surface area contributed by atoms with Gasteiger partial charge in [0, 0.05) is 11.2 Å². The Hall–Kier alpha value is -0.170. The molecule has 0 aliphatic heterocycles. The second-order valence-electron chi connectivity index (χ2n) is 6.95. The van der Waals surface area contributed by atoms with Crippen LogP contribution in [-0.4, -0.2) is 5.25 Å². The zero-order valence-corrected chi connectivity index (χ0v) is 15.7. The van der Waals surface area contributed by atoms with E-state index < -0.39 is 0 Å². The Morgan fingerprint density at radius 2 is 1.09 bits per heavy atom. The van der Waals surface area contributed by atoms with Crippen LogP contribution in [0.3, 0.4) is 0 Å². The average molecular weight is 323 g/mol. The third kappa shape index (κ3) is 10.5. The van der Waals surface area contributed by atoms with Gasteiger partial charge in [-0.05, 0) is 6.42 Å². The first-order valence-corrected chi connectivity index (χ1v) is 10.4. The highest BCUT2D eigenvalue weighted by Gasteiger charge is 2.13. The van der Waals surface area contributed by atoms with Crippen LogP contribution in [0.2, 0.25) is 0 Å². The molecule has 0 nitrogen and oxygen atoms in total. The molecule has 1 aliphatic rings. The highest BCUT2D eigenvalue weighted by Crippen LogP contribution is 2.23. The predicted molar refractivity (Wildman–Crippen MR) is 105 cm³/mol. The molecule has 22 heavy (non-hydrogen) atoms. The van der Waals surface area contributed by atoms with E-state index in [0.29, 0.717) is 11.2 Å². The summed E-state index contributed by atoms with van der Waals surface area (Å²) in [4.78, 5) is 0. The summed E-state index contributed by atoms with van der Waals surface area (Å²) in [5.74, 6) is 0.584. The fourth-order valence-electron chi connectivity index (χ4n) is 3.27. The Balaban J connectivity index is 1.74. The standard InChI is InChI=1S/C21H38S/c1-2-3-4-5-6-7-8-9-10-11-12-13-14-19-21(22)20-17-15-16-18-20/h15-18,20-22H,2-14,19H2,1H3. The summed E-state index contributed by atoms with van der Waals surface area (Å²) in [6, 6.07) is 0. The second-order valence-corrected chi connectivity index (χ2v) is 7.61. The molecule has 0 aromatic heterocycles. The lowest BCUT2D eigenvalue weighted by Gasteiger charge is -2.14. The Kier molecular flexibility index (Phi) is 13.0. The molecule has 1 aliphatic carbocycles. The fourth-order valence-corrected chi connectivity index (χ4v) is 3.65. The van der Waals surface area contributed by atoms with Gasteiger partial charge in [0.1, 0.15) is 0 Å². The molecule has 0 fully saturated rings. The summed E-state index contributed by atoms with van der Waals surface area (Å²) in [6.07, 6.45) is 28.7. The van der Waals surface area contributed by atoms with Gasteiger partial charge in [-0.25, -0.2) is 0 Å². The number of thiol groups is 1. The van der Waals surface area contributed by atoms with E-state index in [1.807, 2.05) is 0 Å². The smallest absolute Gasteiger partial charge is 0.0114 e. The van der Waals surface area contributed by atoms with Crippen molar-refractivity contribution in [3.63, 3.8) is 0 Å². The van der Waals surface area contributed by atoms with Gasteiger partial charge in [-0.3, -0.25) is 0 Å². The van der Waals surface area contributed by atoms with Crippen LogP contribution in [0.1, 0.15) is 96.8 Å². The number of hydrogen-bond donors (Lipinski definition) is 1. The van der Waals surface area contributed by atoms with Crippen molar-refractivity contribution in [2.75, 3.05) is 0 Å². The lowest BCUT2D eigenvalue weighted by molar-refractivity contribution is 0.530. The molecule has 0 aromatic rings. The molecule has 1 atom stereocenters. The van der Waals surface area contributed by atoms with E-state index in [4.69, 9.17) is 12.6 Å². The first kappa shape index (κ1) is 19.9. The maximum atomic E-state index is 4.73. The zero-order valence-electron chi connectivity index (χ0n) is 14.8. The fraction of sp³-hybridized carbons (Fsp3) is 0.810. The lowest BCUT2D eigenvalue weighted by atomic mass is 10.0. The highest BCUT2D eigenvalue weighted by molar-refractivity contribution is 7.81. The van der Waals surface area contributed by atoms with Gasteiger partial charge in [0.15, 0.2) is 0 Å². The molecule has 0 amide bonds. The van der Waals surface area contributed by atoms with E-state index in [9.17, 15) is 0 Å². The van der Waals surface area contributed by atoms with Crippen molar-refractivity contribution in [3.05, 3.63) is 24.3 Å². The van der Waals surface area contributed by atoms with Gasteiger partial charge in [-0.15, -0.1) is 0 Å². The predicted octanol–water partition coefficient (Wildman–Crippen LogP) is 7.51. The van der Waals surface area contributed by atoms with E-state index in [-0.39, 0.29) is 0 Å². The van der Waals surface area contributed by atoms with Crippen LogP contribution in [0.15, 0.2) is 24.3 Å². The summed E-state index contributed by atoms with van der Waals surface area (Å²) in [5.41, 5.74) is 0. The molecule has 1 unspecified atom stereocenters. The van der Waals surface area contributed by atoms with Crippen LogP contribution in [0.5, 0.6) is 0 Å². The van der Waals surface area contributed by atoms with Crippen LogP contribution in [-0.2, 0) is 0 Å². The summed E-state index contributed by atoms with van der Waals surface area (Å²) in [5, 5.41) is 0.530. The lowest BCUT2D eigenvalue weighted by Crippen LogP contribution is -2.08. The Morgan fingerprint density at radius 3 is 1.55 bits per heavy atom. The van der Waals surface area contributed by atoms with Gasteiger partial charge in [0.25, 0.3) is 0 Å². The number of allylic oxidation sites excluding steroid dienone is 4. The highest BCUT2D eigenvalue weighted by atomic mass is 32.1. The van der Waals surface area contributed by atoms with E-state index in [2.05, 4.69) is 31.2 Å². The molecule has 0 aromatic carbocycles. The van der Waals surface area contributed by atoms with Crippen LogP contribution in [0, 0.1) is 5.92 Å². The van der Waals surface area contributed by atoms with Crippen LogP contribution in [0.4, 0.5) is 0 Å². The molecule has 1 rings (SSSR count). The molecule has 0 saturated heterocycles. The van der Waals surface area contributed by atoms with Crippen molar-refractivity contribution in [1.82, 2.24) is 0 Å². The van der Waals surface area contributed by atoms with Crippen molar-refractivity contribution >= 4 is 12.6 Å². The van der Waals surface area contributed by atoms with Crippen LogP contribution < -0.4 is 0 Å². The Labute approximate surface area is 145 Å². The van der Waals surface area contributed by atoms with E-state index in [0.717, 1.165) is 0 Å². The van der Waals surface area contributed by atoms with Crippen molar-refractivity contribution in [1.29, 1.82) is 0 Å². The monoisotopic (exact) mass is 322 g/mol. The molecule has 0 heterocycles. The van der Waals surface area contributed by atoms with Crippen molar-refractivity contribution in [2.45, 2.75) is 102 Å². The zero-order chi connectivity index (χ0) is 15.9. The largest absolute Gasteiger partial charge is 0.175 e. The van der Waals surface area contributed by atoms with E-state index in [1.165, 1.54) is 89.9 Å². The summed E-state index contributed by atoms with van der Waals surface area (Å²) in [6.45, 7) is 2.29. The number of unbranched alkanes of at least 4 members (excludes halogenated alkanes) is 12. The summed E-state index contributed by atoms with van der Waals surface area (Å²) >= 11 is 4.73. The SMILES string of the molecule is CCCCCCCCCCCCCCCC(S)C1C=CC=C1.